The first-order chi connectivity index (χ1) is 10.7. The Balaban J connectivity index is 1.71. The van der Waals surface area contributed by atoms with E-state index in [2.05, 4.69) is 15.3 Å². The largest absolute Gasteiger partial charge is 0.490 e. The molecule has 1 saturated heterocycles. The maximum atomic E-state index is 13.0. The molecular formula is C16H15ClFN3O. The van der Waals surface area contributed by atoms with Crippen LogP contribution in [-0.4, -0.2) is 29.2 Å². The number of pyridine rings is 2. The number of hydrogen-bond acceptors (Lipinski definition) is 4. The van der Waals surface area contributed by atoms with Crippen LogP contribution in [0.1, 0.15) is 17.5 Å². The van der Waals surface area contributed by atoms with Crippen molar-refractivity contribution in [1.82, 2.24) is 15.3 Å². The van der Waals surface area contributed by atoms with Crippen molar-refractivity contribution in [2.75, 3.05) is 13.2 Å². The van der Waals surface area contributed by atoms with E-state index in [1.165, 1.54) is 12.3 Å². The zero-order chi connectivity index (χ0) is 15.4. The van der Waals surface area contributed by atoms with E-state index in [1.54, 1.807) is 24.4 Å². The molecule has 3 rings (SSSR count). The number of halogens is 2. The summed E-state index contributed by atoms with van der Waals surface area (Å²) in [5.41, 5.74) is 1.42. The zero-order valence-electron chi connectivity index (χ0n) is 11.8. The number of hydrogen-bond donors (Lipinski definition) is 1. The van der Waals surface area contributed by atoms with Gasteiger partial charge in [0.1, 0.15) is 17.5 Å². The molecule has 0 aromatic carbocycles. The molecule has 0 amide bonds. The molecule has 1 N–H and O–H groups in total. The third-order valence-electron chi connectivity index (χ3n) is 3.42. The summed E-state index contributed by atoms with van der Waals surface area (Å²) >= 11 is 6.08. The van der Waals surface area contributed by atoms with Gasteiger partial charge in [-0.05, 0) is 30.7 Å². The summed E-state index contributed by atoms with van der Waals surface area (Å²) in [7, 11) is 0. The Morgan fingerprint density at radius 2 is 2.23 bits per heavy atom. The van der Waals surface area contributed by atoms with E-state index in [0.717, 1.165) is 18.5 Å². The molecule has 1 fully saturated rings. The molecule has 0 saturated carbocycles. The van der Waals surface area contributed by atoms with Crippen molar-refractivity contribution in [2.45, 2.75) is 12.5 Å². The van der Waals surface area contributed by atoms with Crippen LogP contribution in [0, 0.1) is 5.95 Å². The molecule has 0 spiro atoms. The summed E-state index contributed by atoms with van der Waals surface area (Å²) in [6.07, 6.45) is 7.68. The quantitative estimate of drug-likeness (QED) is 0.860. The Labute approximate surface area is 133 Å². The van der Waals surface area contributed by atoms with Crippen LogP contribution in [0.3, 0.4) is 0 Å². The van der Waals surface area contributed by atoms with Crippen LogP contribution in [0.5, 0.6) is 5.75 Å². The van der Waals surface area contributed by atoms with Crippen molar-refractivity contribution >= 4 is 23.8 Å². The number of rotatable bonds is 5. The Morgan fingerprint density at radius 3 is 2.95 bits per heavy atom. The summed E-state index contributed by atoms with van der Waals surface area (Å²) in [6, 6.07) is 5.29. The highest BCUT2D eigenvalue weighted by molar-refractivity contribution is 6.31. The van der Waals surface area contributed by atoms with Gasteiger partial charge < -0.3 is 10.1 Å². The number of nitrogens with zero attached hydrogens (tertiary/aromatic N) is 2. The molecule has 0 unspecified atom stereocenters. The lowest BCUT2D eigenvalue weighted by molar-refractivity contribution is 0.217. The Kier molecular flexibility index (Phi) is 4.65. The lowest BCUT2D eigenvalue weighted by atomic mass is 10.1. The molecule has 3 heterocycles. The number of nitrogens with one attached hydrogen (secondary N) is 1. The van der Waals surface area contributed by atoms with Crippen LogP contribution in [0.25, 0.3) is 12.2 Å². The fourth-order valence-electron chi connectivity index (χ4n) is 2.04. The van der Waals surface area contributed by atoms with E-state index in [4.69, 9.17) is 16.3 Å². The Bertz CT molecular complexity index is 689. The fraction of sp³-hybridized carbons (Fsp3) is 0.250. The molecule has 1 aliphatic heterocycles. The normalized spacial score (nSPS) is 17.5. The average molecular weight is 319 g/mol. The second kappa shape index (κ2) is 6.85. The summed E-state index contributed by atoms with van der Waals surface area (Å²) in [5.74, 6) is 0.148. The number of ether oxygens (including phenoxy) is 1. The zero-order valence-corrected chi connectivity index (χ0v) is 12.6. The SMILES string of the molecule is [18F]c1cc(/C=C/c2cc(OC[C@@H]3CCN3)cnc2Cl)ccn1. The minimum absolute atomic E-state index is 0.375. The Hall–Kier alpha value is -1.98. The van der Waals surface area contributed by atoms with E-state index in [0.29, 0.717) is 29.1 Å². The van der Waals surface area contributed by atoms with E-state index in [9.17, 15) is 4.39 Å². The predicted octanol–water partition coefficient (Wildman–Crippen LogP) is 3.18. The molecule has 4 nitrogen and oxygen atoms in total. The van der Waals surface area contributed by atoms with Gasteiger partial charge in [-0.3, -0.25) is 0 Å². The van der Waals surface area contributed by atoms with Crippen molar-refractivity contribution in [3.63, 3.8) is 0 Å². The van der Waals surface area contributed by atoms with Gasteiger partial charge in [-0.25, -0.2) is 9.97 Å². The molecule has 1 aliphatic rings. The van der Waals surface area contributed by atoms with Crippen LogP contribution in [0.15, 0.2) is 30.6 Å². The molecule has 2 aromatic heterocycles. The monoisotopic (exact) mass is 318 g/mol. The summed E-state index contributed by atoms with van der Waals surface area (Å²) in [4.78, 5) is 7.63. The van der Waals surface area contributed by atoms with Crippen molar-refractivity contribution in [3.8, 4) is 5.75 Å². The molecule has 0 bridgehead atoms. The molecule has 6 heteroatoms. The highest BCUT2D eigenvalue weighted by Gasteiger charge is 2.16. The van der Waals surface area contributed by atoms with Gasteiger partial charge in [0.25, 0.3) is 0 Å². The maximum Gasteiger partial charge on any atom is 0.213 e. The first-order valence-corrected chi connectivity index (χ1v) is 7.40. The average Bonchev–Trinajstić information content (AvgIpc) is 2.46. The predicted molar refractivity (Wildman–Crippen MR) is 84.3 cm³/mol. The minimum atomic E-state index is -0.517. The fourth-order valence-corrected chi connectivity index (χ4v) is 2.20. The van der Waals surface area contributed by atoms with Crippen LogP contribution in [-0.2, 0) is 0 Å². The van der Waals surface area contributed by atoms with Crippen LogP contribution < -0.4 is 10.1 Å². The van der Waals surface area contributed by atoms with Gasteiger partial charge in [0.2, 0.25) is 5.95 Å². The van der Waals surface area contributed by atoms with Crippen molar-refractivity contribution in [2.24, 2.45) is 0 Å². The third-order valence-corrected chi connectivity index (χ3v) is 3.74. The summed E-state index contributed by atoms with van der Waals surface area (Å²) < 4.78 is 18.7. The van der Waals surface area contributed by atoms with Gasteiger partial charge in [-0.2, -0.15) is 4.39 Å². The molecule has 0 radical (unpaired) electrons. The number of aromatic nitrogens is 2. The van der Waals surface area contributed by atoms with Crippen molar-refractivity contribution < 1.29 is 9.13 Å². The summed E-state index contributed by atoms with van der Waals surface area (Å²) in [5, 5.41) is 3.64. The lowest BCUT2D eigenvalue weighted by Gasteiger charge is -2.27. The second-order valence-electron chi connectivity index (χ2n) is 5.05. The van der Waals surface area contributed by atoms with Gasteiger partial charge in [0.15, 0.2) is 0 Å². The van der Waals surface area contributed by atoms with Crippen molar-refractivity contribution in [1.29, 1.82) is 0 Å². The molecular weight excluding hydrogens is 304 g/mol. The van der Waals surface area contributed by atoms with Gasteiger partial charge in [-0.1, -0.05) is 23.8 Å². The third kappa shape index (κ3) is 3.81. The van der Waals surface area contributed by atoms with Crippen LogP contribution in [0.4, 0.5) is 4.39 Å². The van der Waals surface area contributed by atoms with Crippen molar-refractivity contribution in [3.05, 3.63) is 52.8 Å². The van der Waals surface area contributed by atoms with Gasteiger partial charge in [0, 0.05) is 23.9 Å². The standard InChI is InChI=1S/C16H15ClFN3O/c17-16-12(2-1-11-3-5-20-15(18)7-11)8-14(9-21-16)22-10-13-4-6-19-13/h1-3,5,7-9,13,19H,4,6,10H2/b2-1+/t13-/m0/s1/i18-1. The smallest absolute Gasteiger partial charge is 0.213 e. The Morgan fingerprint density at radius 1 is 1.36 bits per heavy atom. The second-order valence-corrected chi connectivity index (χ2v) is 5.41. The topological polar surface area (TPSA) is 47.0 Å². The molecule has 2 aromatic rings. The molecule has 1 atom stereocenters. The first-order valence-electron chi connectivity index (χ1n) is 7.02. The highest BCUT2D eigenvalue weighted by Crippen LogP contribution is 2.22. The van der Waals surface area contributed by atoms with E-state index in [-0.39, 0.29) is 0 Å². The van der Waals surface area contributed by atoms with E-state index >= 15 is 0 Å². The first kappa shape index (κ1) is 14.9. The molecule has 114 valence electrons. The van der Waals surface area contributed by atoms with E-state index in [1.807, 2.05) is 6.07 Å². The lowest BCUT2D eigenvalue weighted by Crippen LogP contribution is -2.46. The minimum Gasteiger partial charge on any atom is -0.490 e. The van der Waals surface area contributed by atoms with Gasteiger partial charge in [-0.15, -0.1) is 0 Å². The maximum absolute atomic E-state index is 13.0. The highest BCUT2D eigenvalue weighted by atomic mass is 35.5. The van der Waals surface area contributed by atoms with Crippen LogP contribution in [0.2, 0.25) is 5.15 Å². The molecule has 0 aliphatic carbocycles. The van der Waals surface area contributed by atoms with Gasteiger partial charge in [0.05, 0.1) is 6.20 Å². The summed E-state index contributed by atoms with van der Waals surface area (Å²) in [6.45, 7) is 1.66. The van der Waals surface area contributed by atoms with Gasteiger partial charge >= 0.3 is 0 Å². The van der Waals surface area contributed by atoms with E-state index < -0.39 is 5.95 Å². The molecule has 22 heavy (non-hydrogen) atoms. The van der Waals surface area contributed by atoms with Crippen LogP contribution >= 0.6 is 11.6 Å².